The van der Waals surface area contributed by atoms with Crippen LogP contribution in [0.4, 0.5) is 0 Å². The molecule has 1 heterocycles. The van der Waals surface area contributed by atoms with Gasteiger partial charge in [0.25, 0.3) is 0 Å². The van der Waals surface area contributed by atoms with E-state index in [9.17, 15) is 0 Å². The summed E-state index contributed by atoms with van der Waals surface area (Å²) in [6, 6.07) is 0.220. The average Bonchev–Trinajstić information content (AvgIpc) is 2.92. The van der Waals surface area contributed by atoms with E-state index in [-0.39, 0.29) is 12.1 Å². The fourth-order valence-electron chi connectivity index (χ4n) is 3.56. The van der Waals surface area contributed by atoms with Gasteiger partial charge in [0, 0.05) is 19.2 Å². The molecule has 2 radical (unpaired) electrons. The van der Waals surface area contributed by atoms with Gasteiger partial charge in [0.05, 0.1) is 12.7 Å². The molecule has 24 heavy (non-hydrogen) atoms. The van der Waals surface area contributed by atoms with Gasteiger partial charge in [-0.3, -0.25) is 0 Å². The third-order valence-corrected chi connectivity index (χ3v) is 5.05. The average molecular weight is 337 g/mol. The molecule has 1 saturated heterocycles. The number of methoxy groups -OCH3 is 1. The lowest BCUT2D eigenvalue weighted by molar-refractivity contribution is 0.0161. The first-order valence-electron chi connectivity index (χ1n) is 10.4. The lowest BCUT2D eigenvalue weighted by Crippen LogP contribution is -2.39. The standard InChI is InChI=1S/C20H40BNO2/c1-3-4-5-6-7-8-9-10-11-12-13-14-15-22-18-16-20(21)24-19(18)17-23-2/h18-20,22H,3-17H2,1-2H3/t18-,19-,20?/m1/s1. The highest BCUT2D eigenvalue weighted by Gasteiger charge is 2.31. The van der Waals surface area contributed by atoms with Crippen molar-refractivity contribution in [2.75, 3.05) is 20.3 Å². The highest BCUT2D eigenvalue weighted by molar-refractivity contribution is 6.11. The normalized spacial score (nSPS) is 23.8. The quantitative estimate of drug-likeness (QED) is 0.330. The van der Waals surface area contributed by atoms with E-state index in [2.05, 4.69) is 12.2 Å². The van der Waals surface area contributed by atoms with Crippen LogP contribution < -0.4 is 5.32 Å². The van der Waals surface area contributed by atoms with Crippen molar-refractivity contribution in [3.8, 4) is 0 Å². The maximum absolute atomic E-state index is 5.87. The summed E-state index contributed by atoms with van der Waals surface area (Å²) < 4.78 is 10.9. The topological polar surface area (TPSA) is 30.5 Å². The van der Waals surface area contributed by atoms with Crippen LogP contribution in [0.5, 0.6) is 0 Å². The number of hydrogen-bond donors (Lipinski definition) is 1. The Kier molecular flexibility index (Phi) is 13.9. The van der Waals surface area contributed by atoms with Crippen molar-refractivity contribution in [3.05, 3.63) is 0 Å². The van der Waals surface area contributed by atoms with Crippen molar-refractivity contribution >= 4 is 7.85 Å². The molecule has 0 saturated carbocycles. The van der Waals surface area contributed by atoms with Crippen LogP contribution in [0.2, 0.25) is 0 Å². The third-order valence-electron chi connectivity index (χ3n) is 5.05. The molecular formula is C20H40BNO2. The molecule has 4 heteroatoms. The first kappa shape index (κ1) is 22.0. The van der Waals surface area contributed by atoms with Crippen molar-refractivity contribution in [1.29, 1.82) is 0 Å². The third kappa shape index (κ3) is 10.7. The van der Waals surface area contributed by atoms with Crippen LogP contribution in [0.3, 0.4) is 0 Å². The fraction of sp³-hybridized carbons (Fsp3) is 1.00. The lowest BCUT2D eigenvalue weighted by Gasteiger charge is -2.19. The van der Waals surface area contributed by atoms with Crippen LogP contribution >= 0.6 is 0 Å². The molecule has 0 bridgehead atoms. The molecule has 3 nitrogen and oxygen atoms in total. The minimum absolute atomic E-state index is 0.113. The van der Waals surface area contributed by atoms with Crippen LogP contribution in [0.15, 0.2) is 0 Å². The van der Waals surface area contributed by atoms with Crippen LogP contribution in [-0.2, 0) is 9.47 Å². The minimum atomic E-state index is -0.135. The Bertz CT molecular complexity index is 278. The molecule has 0 aliphatic carbocycles. The number of hydrogen-bond acceptors (Lipinski definition) is 3. The highest BCUT2D eigenvalue weighted by Crippen LogP contribution is 2.19. The van der Waals surface area contributed by atoms with Gasteiger partial charge in [0.15, 0.2) is 0 Å². The maximum Gasteiger partial charge on any atom is 0.109 e. The molecular weight excluding hydrogens is 297 g/mol. The van der Waals surface area contributed by atoms with Crippen LogP contribution in [0, 0.1) is 0 Å². The predicted molar refractivity (Wildman–Crippen MR) is 104 cm³/mol. The van der Waals surface area contributed by atoms with E-state index in [1.54, 1.807) is 7.11 Å². The second-order valence-corrected chi connectivity index (χ2v) is 7.35. The number of unbranched alkanes of at least 4 members (excludes halogenated alkanes) is 11. The van der Waals surface area contributed by atoms with E-state index in [0.29, 0.717) is 12.6 Å². The second-order valence-electron chi connectivity index (χ2n) is 7.35. The molecule has 1 N–H and O–H groups in total. The van der Waals surface area contributed by atoms with E-state index >= 15 is 0 Å². The summed E-state index contributed by atoms with van der Waals surface area (Å²) in [6.07, 6.45) is 17.7. The van der Waals surface area contributed by atoms with Crippen molar-refractivity contribution in [3.63, 3.8) is 0 Å². The van der Waals surface area contributed by atoms with Crippen LogP contribution in [0.25, 0.3) is 0 Å². The summed E-state index contributed by atoms with van der Waals surface area (Å²) in [7, 11) is 7.59. The smallest absolute Gasteiger partial charge is 0.109 e. The molecule has 0 aromatic rings. The van der Waals surface area contributed by atoms with Crippen molar-refractivity contribution in [1.82, 2.24) is 5.32 Å². The van der Waals surface area contributed by atoms with Crippen molar-refractivity contribution in [2.45, 2.75) is 109 Å². The molecule has 1 aliphatic heterocycles. The van der Waals surface area contributed by atoms with E-state index in [4.69, 9.17) is 17.3 Å². The molecule has 0 spiro atoms. The van der Waals surface area contributed by atoms with Crippen molar-refractivity contribution in [2.24, 2.45) is 0 Å². The molecule has 0 amide bonds. The molecule has 3 atom stereocenters. The molecule has 1 unspecified atom stereocenters. The summed E-state index contributed by atoms with van der Waals surface area (Å²) in [5.74, 6) is 0. The predicted octanol–water partition coefficient (Wildman–Crippen LogP) is 4.58. The van der Waals surface area contributed by atoms with Crippen molar-refractivity contribution < 1.29 is 9.47 Å². The molecule has 0 aromatic carbocycles. The highest BCUT2D eigenvalue weighted by atomic mass is 16.5. The fourth-order valence-corrected chi connectivity index (χ4v) is 3.56. The SMILES string of the molecule is [B]C1C[C@@H](NCCCCCCCCCCCCCC)[C@@H](COC)O1. The van der Waals surface area contributed by atoms with Gasteiger partial charge in [-0.15, -0.1) is 0 Å². The summed E-state index contributed by atoms with van der Waals surface area (Å²) in [5.41, 5.74) is 0. The monoisotopic (exact) mass is 337 g/mol. The molecule has 0 aromatic heterocycles. The number of ether oxygens (including phenoxy) is 2. The first-order valence-corrected chi connectivity index (χ1v) is 10.4. The molecule has 1 rings (SSSR count). The number of rotatable bonds is 16. The van der Waals surface area contributed by atoms with Gasteiger partial charge in [-0.05, 0) is 19.4 Å². The van der Waals surface area contributed by atoms with Gasteiger partial charge in [-0.25, -0.2) is 0 Å². The molecule has 1 fully saturated rings. The van der Waals surface area contributed by atoms with Gasteiger partial charge >= 0.3 is 0 Å². The Balaban J connectivity index is 1.83. The van der Waals surface area contributed by atoms with E-state index in [1.165, 1.54) is 77.0 Å². The van der Waals surface area contributed by atoms with E-state index in [1.807, 2.05) is 0 Å². The van der Waals surface area contributed by atoms with E-state index in [0.717, 1.165) is 13.0 Å². The zero-order chi connectivity index (χ0) is 17.5. The Morgan fingerprint density at radius 3 is 2.00 bits per heavy atom. The second kappa shape index (κ2) is 15.2. The Labute approximate surface area is 152 Å². The first-order chi connectivity index (χ1) is 11.8. The van der Waals surface area contributed by atoms with Gasteiger partial charge in [0.2, 0.25) is 0 Å². The maximum atomic E-state index is 5.87. The summed E-state index contributed by atoms with van der Waals surface area (Å²) in [6.45, 7) is 3.98. The molecule has 1 aliphatic rings. The zero-order valence-electron chi connectivity index (χ0n) is 16.2. The number of nitrogens with one attached hydrogen (secondary N) is 1. The van der Waals surface area contributed by atoms with Gasteiger partial charge in [-0.2, -0.15) is 0 Å². The summed E-state index contributed by atoms with van der Waals surface area (Å²) >= 11 is 0. The summed E-state index contributed by atoms with van der Waals surface area (Å²) in [5, 5.41) is 3.60. The summed E-state index contributed by atoms with van der Waals surface area (Å²) in [4.78, 5) is 0. The lowest BCUT2D eigenvalue weighted by atomic mass is 9.95. The largest absolute Gasteiger partial charge is 0.382 e. The Hall–Kier alpha value is -0.0551. The van der Waals surface area contributed by atoms with E-state index < -0.39 is 0 Å². The van der Waals surface area contributed by atoms with Gasteiger partial charge in [0.1, 0.15) is 7.85 Å². The van der Waals surface area contributed by atoms with Crippen LogP contribution in [0.1, 0.15) is 90.4 Å². The van der Waals surface area contributed by atoms with Gasteiger partial charge in [-0.1, -0.05) is 77.6 Å². The van der Waals surface area contributed by atoms with Gasteiger partial charge < -0.3 is 14.8 Å². The Morgan fingerprint density at radius 1 is 0.917 bits per heavy atom. The zero-order valence-corrected chi connectivity index (χ0v) is 16.2. The van der Waals surface area contributed by atoms with Crippen LogP contribution in [-0.4, -0.2) is 46.3 Å². The molecule has 140 valence electrons. The Morgan fingerprint density at radius 2 is 1.46 bits per heavy atom. The minimum Gasteiger partial charge on any atom is -0.382 e.